The summed E-state index contributed by atoms with van der Waals surface area (Å²) in [6, 6.07) is 3.68. The summed E-state index contributed by atoms with van der Waals surface area (Å²) in [4.78, 5) is 20.8. The van der Waals surface area contributed by atoms with E-state index >= 15 is 0 Å². The average Bonchev–Trinajstić information content (AvgIpc) is 2.77. The fourth-order valence-electron chi connectivity index (χ4n) is 2.95. The third-order valence-electron chi connectivity index (χ3n) is 3.93. The second-order valence-corrected chi connectivity index (χ2v) is 5.26. The van der Waals surface area contributed by atoms with E-state index in [0.29, 0.717) is 11.4 Å². The molecule has 1 amide bonds. The summed E-state index contributed by atoms with van der Waals surface area (Å²) < 4.78 is 5.98. The van der Waals surface area contributed by atoms with Gasteiger partial charge in [-0.2, -0.15) is 0 Å². The van der Waals surface area contributed by atoms with Crippen molar-refractivity contribution >= 4 is 5.91 Å². The summed E-state index contributed by atoms with van der Waals surface area (Å²) in [5.74, 6) is 0.485. The second-order valence-electron chi connectivity index (χ2n) is 5.26. The molecule has 0 aliphatic carbocycles. The Bertz CT molecular complexity index is 491. The van der Waals surface area contributed by atoms with E-state index in [4.69, 9.17) is 4.74 Å². The first kappa shape index (κ1) is 12.4. The minimum absolute atomic E-state index is 0.00829. The molecule has 102 valence electrons. The van der Waals surface area contributed by atoms with Crippen LogP contribution in [0.15, 0.2) is 18.3 Å². The lowest BCUT2D eigenvalue weighted by Crippen LogP contribution is -2.44. The molecule has 2 atom stereocenters. The van der Waals surface area contributed by atoms with Crippen molar-refractivity contribution in [2.45, 2.75) is 25.5 Å². The maximum absolute atomic E-state index is 12.4. The molecule has 5 nitrogen and oxygen atoms in total. The highest BCUT2D eigenvalue weighted by Gasteiger charge is 2.42. The van der Waals surface area contributed by atoms with Crippen molar-refractivity contribution in [3.8, 4) is 5.88 Å². The number of hydrogen-bond donors (Lipinski definition) is 0. The standard InChI is InChI=1S/C14H19N3O2/c1-3-7-17-8-11-12(9-17)19-13-10(5-4-6-15-13)14(18)16(11)2/h4-6,11-12H,3,7-9H2,1-2H3. The monoisotopic (exact) mass is 261 g/mol. The molecule has 3 rings (SSSR count). The molecule has 1 fully saturated rings. The molecule has 1 saturated heterocycles. The number of carbonyl (C=O) groups is 1. The minimum Gasteiger partial charge on any atom is -0.470 e. The maximum Gasteiger partial charge on any atom is 0.259 e. The number of nitrogens with zero attached hydrogens (tertiary/aromatic N) is 3. The Kier molecular flexibility index (Phi) is 3.14. The Hall–Kier alpha value is -1.62. The highest BCUT2D eigenvalue weighted by Crippen LogP contribution is 2.28. The normalized spacial score (nSPS) is 26.6. The van der Waals surface area contributed by atoms with E-state index in [9.17, 15) is 4.79 Å². The molecular weight excluding hydrogens is 242 g/mol. The van der Waals surface area contributed by atoms with Gasteiger partial charge in [0.05, 0.1) is 6.04 Å². The number of likely N-dealkylation sites (N-methyl/N-ethyl adjacent to an activating group) is 1. The highest BCUT2D eigenvalue weighted by molar-refractivity contribution is 5.96. The predicted molar refractivity (Wildman–Crippen MR) is 71.3 cm³/mol. The van der Waals surface area contributed by atoms with Crippen LogP contribution in [-0.2, 0) is 0 Å². The molecule has 0 bridgehead atoms. The van der Waals surface area contributed by atoms with E-state index < -0.39 is 0 Å². The summed E-state index contributed by atoms with van der Waals surface area (Å²) in [5.41, 5.74) is 0.571. The summed E-state index contributed by atoms with van der Waals surface area (Å²) >= 11 is 0. The Morgan fingerprint density at radius 3 is 3.11 bits per heavy atom. The van der Waals surface area contributed by atoms with Gasteiger partial charge in [0.2, 0.25) is 5.88 Å². The average molecular weight is 261 g/mol. The first-order valence-corrected chi connectivity index (χ1v) is 6.82. The molecule has 3 heterocycles. The van der Waals surface area contributed by atoms with Gasteiger partial charge in [-0.05, 0) is 25.1 Å². The van der Waals surface area contributed by atoms with Gasteiger partial charge >= 0.3 is 0 Å². The molecular formula is C14H19N3O2. The molecule has 0 saturated carbocycles. The largest absolute Gasteiger partial charge is 0.470 e. The van der Waals surface area contributed by atoms with Crippen molar-refractivity contribution < 1.29 is 9.53 Å². The molecule has 1 aromatic rings. The van der Waals surface area contributed by atoms with Gasteiger partial charge < -0.3 is 9.64 Å². The number of pyridine rings is 1. The van der Waals surface area contributed by atoms with Crippen molar-refractivity contribution in [1.29, 1.82) is 0 Å². The quantitative estimate of drug-likeness (QED) is 0.797. The first-order valence-electron chi connectivity index (χ1n) is 6.82. The first-order chi connectivity index (χ1) is 9.20. The van der Waals surface area contributed by atoms with Crippen LogP contribution in [0.1, 0.15) is 23.7 Å². The molecule has 1 aromatic heterocycles. The van der Waals surface area contributed by atoms with Gasteiger partial charge in [-0.15, -0.1) is 0 Å². The number of ether oxygens (including phenoxy) is 1. The van der Waals surface area contributed by atoms with Crippen molar-refractivity contribution in [3.05, 3.63) is 23.9 Å². The third kappa shape index (κ3) is 2.08. The van der Waals surface area contributed by atoms with Crippen LogP contribution in [0.25, 0.3) is 0 Å². The van der Waals surface area contributed by atoms with Gasteiger partial charge in [-0.1, -0.05) is 6.92 Å². The molecule has 19 heavy (non-hydrogen) atoms. The van der Waals surface area contributed by atoms with E-state index in [1.165, 1.54) is 0 Å². The third-order valence-corrected chi connectivity index (χ3v) is 3.93. The van der Waals surface area contributed by atoms with Crippen molar-refractivity contribution in [2.75, 3.05) is 26.7 Å². The lowest BCUT2D eigenvalue weighted by Gasteiger charge is -2.25. The minimum atomic E-state index is 0.00829. The van der Waals surface area contributed by atoms with Crippen molar-refractivity contribution in [2.24, 2.45) is 0 Å². The van der Waals surface area contributed by atoms with Gasteiger partial charge in [0.25, 0.3) is 5.91 Å². The van der Waals surface area contributed by atoms with E-state index in [0.717, 1.165) is 26.1 Å². The van der Waals surface area contributed by atoms with E-state index in [1.54, 1.807) is 18.3 Å². The number of aromatic nitrogens is 1. The van der Waals surface area contributed by atoms with Crippen LogP contribution in [-0.4, -0.2) is 59.5 Å². The van der Waals surface area contributed by atoms with Crippen LogP contribution in [0.2, 0.25) is 0 Å². The predicted octanol–water partition coefficient (Wildman–Crippen LogP) is 1.01. The Morgan fingerprint density at radius 1 is 1.47 bits per heavy atom. The summed E-state index contributed by atoms with van der Waals surface area (Å²) in [5, 5.41) is 0. The van der Waals surface area contributed by atoms with Crippen LogP contribution in [0.4, 0.5) is 0 Å². The van der Waals surface area contributed by atoms with Gasteiger partial charge in [0, 0.05) is 26.3 Å². The van der Waals surface area contributed by atoms with E-state index in [1.807, 2.05) is 11.9 Å². The smallest absolute Gasteiger partial charge is 0.259 e. The molecule has 2 aliphatic heterocycles. The number of rotatable bonds is 2. The molecule has 0 spiro atoms. The van der Waals surface area contributed by atoms with Crippen LogP contribution in [0.3, 0.4) is 0 Å². The van der Waals surface area contributed by atoms with Crippen LogP contribution in [0.5, 0.6) is 5.88 Å². The zero-order valence-corrected chi connectivity index (χ0v) is 11.4. The van der Waals surface area contributed by atoms with E-state index in [-0.39, 0.29) is 18.1 Å². The summed E-state index contributed by atoms with van der Waals surface area (Å²) in [7, 11) is 1.86. The van der Waals surface area contributed by atoms with Crippen LogP contribution >= 0.6 is 0 Å². The topological polar surface area (TPSA) is 45.7 Å². The van der Waals surface area contributed by atoms with Gasteiger partial charge in [0.1, 0.15) is 11.7 Å². The fourth-order valence-corrected chi connectivity index (χ4v) is 2.95. The van der Waals surface area contributed by atoms with Crippen molar-refractivity contribution in [3.63, 3.8) is 0 Å². The molecule has 2 unspecified atom stereocenters. The highest BCUT2D eigenvalue weighted by atomic mass is 16.5. The Morgan fingerprint density at radius 2 is 2.32 bits per heavy atom. The number of hydrogen-bond acceptors (Lipinski definition) is 4. The number of carbonyl (C=O) groups excluding carboxylic acids is 1. The molecule has 0 aromatic carbocycles. The summed E-state index contributed by atoms with van der Waals surface area (Å²) in [6.07, 6.45) is 2.81. The molecule has 0 radical (unpaired) electrons. The van der Waals surface area contributed by atoms with Crippen LogP contribution < -0.4 is 4.74 Å². The molecule has 5 heteroatoms. The molecule has 0 N–H and O–H groups in total. The number of likely N-dealkylation sites (tertiary alicyclic amines) is 1. The van der Waals surface area contributed by atoms with E-state index in [2.05, 4.69) is 16.8 Å². The van der Waals surface area contributed by atoms with Crippen LogP contribution in [0, 0.1) is 0 Å². The number of amides is 1. The lowest BCUT2D eigenvalue weighted by atomic mass is 10.2. The zero-order chi connectivity index (χ0) is 13.4. The van der Waals surface area contributed by atoms with Gasteiger partial charge in [-0.25, -0.2) is 4.98 Å². The lowest BCUT2D eigenvalue weighted by molar-refractivity contribution is 0.0680. The SMILES string of the molecule is CCCN1CC2Oc3ncccc3C(=O)N(C)C2C1. The van der Waals surface area contributed by atoms with Gasteiger partial charge in [0.15, 0.2) is 0 Å². The Labute approximate surface area is 113 Å². The summed E-state index contributed by atoms with van der Waals surface area (Å²) in [6.45, 7) is 4.97. The maximum atomic E-state index is 12.4. The second kappa shape index (κ2) is 4.81. The zero-order valence-electron chi connectivity index (χ0n) is 11.4. The van der Waals surface area contributed by atoms with Crippen molar-refractivity contribution in [1.82, 2.24) is 14.8 Å². The number of fused-ring (bicyclic) bond motifs is 2. The van der Waals surface area contributed by atoms with Gasteiger partial charge in [-0.3, -0.25) is 9.69 Å². The fraction of sp³-hybridized carbons (Fsp3) is 0.571. The Balaban J connectivity index is 1.91. The molecule has 2 aliphatic rings.